The van der Waals surface area contributed by atoms with Crippen molar-refractivity contribution < 1.29 is 13.2 Å². The lowest BCUT2D eigenvalue weighted by molar-refractivity contribution is 0.101. The van der Waals surface area contributed by atoms with Crippen LogP contribution >= 0.6 is 0 Å². The van der Waals surface area contributed by atoms with Crippen LogP contribution in [0.15, 0.2) is 30.5 Å². The van der Waals surface area contributed by atoms with Gasteiger partial charge in [-0.2, -0.15) is 9.29 Å². The number of Topliss-reactive ketones (excluding diaryl/α,β-unsaturated/α-hetero) is 1. The monoisotopic (exact) mass is 404 g/mol. The van der Waals surface area contributed by atoms with Crippen LogP contribution in [0, 0.1) is 0 Å². The molecule has 0 unspecified atom stereocenters. The lowest BCUT2D eigenvalue weighted by Crippen LogP contribution is -2.49. The summed E-state index contributed by atoms with van der Waals surface area (Å²) in [6.07, 6.45) is 1.41. The average Bonchev–Trinajstić information content (AvgIpc) is 2.68. The second kappa shape index (κ2) is 8.11. The quantitative estimate of drug-likeness (QED) is 0.694. The van der Waals surface area contributed by atoms with Crippen LogP contribution in [-0.4, -0.2) is 60.4 Å². The van der Waals surface area contributed by atoms with Crippen molar-refractivity contribution in [3.63, 3.8) is 0 Å². The van der Waals surface area contributed by atoms with Crippen LogP contribution in [0.5, 0.6) is 0 Å². The van der Waals surface area contributed by atoms with Gasteiger partial charge < -0.3 is 16.0 Å². The Morgan fingerprint density at radius 2 is 1.82 bits per heavy atom. The number of nitrogens with one attached hydrogen (secondary N) is 1. The van der Waals surface area contributed by atoms with E-state index in [1.807, 2.05) is 24.3 Å². The maximum absolute atomic E-state index is 12.0. The third-order valence-corrected chi connectivity index (χ3v) is 6.56. The number of anilines is 4. The number of rotatable bonds is 6. The molecule has 1 aliphatic rings. The van der Waals surface area contributed by atoms with Gasteiger partial charge in [-0.25, -0.2) is 13.4 Å². The highest BCUT2D eigenvalue weighted by molar-refractivity contribution is 7.89. The minimum Gasteiger partial charge on any atom is -0.383 e. The van der Waals surface area contributed by atoms with Gasteiger partial charge >= 0.3 is 0 Å². The summed E-state index contributed by atoms with van der Waals surface area (Å²) >= 11 is 0. The van der Waals surface area contributed by atoms with Crippen LogP contribution in [0.4, 0.5) is 23.1 Å². The zero-order chi connectivity index (χ0) is 20.3. The van der Waals surface area contributed by atoms with Gasteiger partial charge in [-0.05, 0) is 38.1 Å². The minimum absolute atomic E-state index is 0.132. The van der Waals surface area contributed by atoms with Gasteiger partial charge in [-0.1, -0.05) is 0 Å². The second-order valence-corrected chi connectivity index (χ2v) is 8.76. The molecule has 2 aromatic rings. The van der Waals surface area contributed by atoms with E-state index in [9.17, 15) is 13.2 Å². The Bertz CT molecular complexity index is 954. The van der Waals surface area contributed by atoms with Gasteiger partial charge in [0, 0.05) is 43.8 Å². The van der Waals surface area contributed by atoms with Crippen molar-refractivity contribution in [2.45, 2.75) is 13.8 Å². The number of nitrogen functional groups attached to an aromatic ring is 1. The van der Waals surface area contributed by atoms with Gasteiger partial charge in [0.25, 0.3) is 0 Å². The lowest BCUT2D eigenvalue weighted by Gasteiger charge is -2.35. The first kappa shape index (κ1) is 20.0. The Hall–Kier alpha value is -2.72. The largest absolute Gasteiger partial charge is 0.383 e. The van der Waals surface area contributed by atoms with E-state index < -0.39 is 10.0 Å². The summed E-state index contributed by atoms with van der Waals surface area (Å²) in [6.45, 7) is 5.37. The predicted molar refractivity (Wildman–Crippen MR) is 109 cm³/mol. The zero-order valence-corrected chi connectivity index (χ0v) is 16.7. The minimum atomic E-state index is -3.13. The standard InChI is InChI=1S/C18H24N6O3S/c1-3-28(26,27)24-10-8-23(9-11-24)15-6-4-14(5-7-15)21-18-20-12-16(13(2)25)17(19)22-18/h4-7,12H,3,8-11H2,1-2H3,(H3,19,20,21,22). The molecule has 28 heavy (non-hydrogen) atoms. The Morgan fingerprint density at radius 1 is 1.18 bits per heavy atom. The van der Waals surface area contributed by atoms with E-state index in [2.05, 4.69) is 20.2 Å². The molecule has 0 atom stereocenters. The number of ketones is 1. The zero-order valence-electron chi connectivity index (χ0n) is 15.9. The fourth-order valence-corrected chi connectivity index (χ4v) is 4.10. The summed E-state index contributed by atoms with van der Waals surface area (Å²) < 4.78 is 25.5. The first-order valence-corrected chi connectivity index (χ1v) is 10.6. The molecule has 1 aromatic carbocycles. The molecule has 150 valence electrons. The van der Waals surface area contributed by atoms with Crippen LogP contribution in [-0.2, 0) is 10.0 Å². The number of benzene rings is 1. The number of sulfonamides is 1. The number of carbonyl (C=O) groups excluding carboxylic acids is 1. The van der Waals surface area contributed by atoms with Crippen molar-refractivity contribution in [3.05, 3.63) is 36.0 Å². The summed E-state index contributed by atoms with van der Waals surface area (Å²) in [6, 6.07) is 7.70. The number of nitrogens with zero attached hydrogens (tertiary/aromatic N) is 4. The van der Waals surface area contributed by atoms with E-state index in [4.69, 9.17) is 5.73 Å². The van der Waals surface area contributed by atoms with Gasteiger partial charge in [0.1, 0.15) is 5.82 Å². The van der Waals surface area contributed by atoms with Crippen LogP contribution < -0.4 is 16.0 Å². The first-order chi connectivity index (χ1) is 13.3. The summed E-state index contributed by atoms with van der Waals surface area (Å²) in [7, 11) is -3.13. The summed E-state index contributed by atoms with van der Waals surface area (Å²) in [5.74, 6) is 0.406. The van der Waals surface area contributed by atoms with Crippen molar-refractivity contribution in [1.29, 1.82) is 0 Å². The van der Waals surface area contributed by atoms with Crippen LogP contribution in [0.1, 0.15) is 24.2 Å². The molecule has 3 rings (SSSR count). The number of hydrogen-bond donors (Lipinski definition) is 2. The van der Waals surface area contributed by atoms with Crippen molar-refractivity contribution >= 4 is 38.9 Å². The molecule has 1 aromatic heterocycles. The number of carbonyl (C=O) groups is 1. The SMILES string of the molecule is CCS(=O)(=O)N1CCN(c2ccc(Nc3ncc(C(C)=O)c(N)n3)cc2)CC1. The maximum atomic E-state index is 12.0. The normalized spacial score (nSPS) is 15.4. The molecule has 0 radical (unpaired) electrons. The van der Waals surface area contributed by atoms with Gasteiger partial charge in [0.05, 0.1) is 11.3 Å². The van der Waals surface area contributed by atoms with Crippen molar-refractivity contribution in [2.24, 2.45) is 0 Å². The van der Waals surface area contributed by atoms with E-state index in [1.165, 1.54) is 13.1 Å². The molecular formula is C18H24N6O3S. The highest BCUT2D eigenvalue weighted by Gasteiger charge is 2.25. The molecule has 1 fully saturated rings. The maximum Gasteiger partial charge on any atom is 0.229 e. The molecule has 10 heteroatoms. The fourth-order valence-electron chi connectivity index (χ4n) is 3.02. The Morgan fingerprint density at radius 3 is 2.36 bits per heavy atom. The number of aromatic nitrogens is 2. The molecule has 1 saturated heterocycles. The molecule has 1 aliphatic heterocycles. The van der Waals surface area contributed by atoms with Crippen LogP contribution in [0.3, 0.4) is 0 Å². The van der Waals surface area contributed by atoms with Gasteiger partial charge in [0.2, 0.25) is 16.0 Å². The molecule has 0 bridgehead atoms. The predicted octanol–water partition coefficient (Wildman–Crippen LogP) is 1.48. The summed E-state index contributed by atoms with van der Waals surface area (Å²) in [4.78, 5) is 21.8. The first-order valence-electron chi connectivity index (χ1n) is 9.03. The van der Waals surface area contributed by atoms with E-state index in [0.29, 0.717) is 37.7 Å². The van der Waals surface area contributed by atoms with Crippen molar-refractivity contribution in [3.8, 4) is 0 Å². The molecule has 0 aliphatic carbocycles. The van der Waals surface area contributed by atoms with Gasteiger partial charge in [-0.3, -0.25) is 4.79 Å². The lowest BCUT2D eigenvalue weighted by atomic mass is 10.2. The van der Waals surface area contributed by atoms with Gasteiger partial charge in [-0.15, -0.1) is 0 Å². The molecule has 0 amide bonds. The van der Waals surface area contributed by atoms with E-state index in [-0.39, 0.29) is 17.4 Å². The molecule has 0 spiro atoms. The second-order valence-electron chi connectivity index (χ2n) is 6.51. The van der Waals surface area contributed by atoms with E-state index >= 15 is 0 Å². The number of hydrogen-bond acceptors (Lipinski definition) is 8. The Kier molecular flexibility index (Phi) is 5.80. The average molecular weight is 404 g/mol. The molecular weight excluding hydrogens is 380 g/mol. The Labute approximate surface area is 164 Å². The molecule has 3 N–H and O–H groups in total. The van der Waals surface area contributed by atoms with Gasteiger partial charge in [0.15, 0.2) is 5.78 Å². The molecule has 2 heterocycles. The van der Waals surface area contributed by atoms with E-state index in [0.717, 1.165) is 11.4 Å². The fraction of sp³-hybridized carbons (Fsp3) is 0.389. The number of piperazine rings is 1. The highest BCUT2D eigenvalue weighted by Crippen LogP contribution is 2.22. The van der Waals surface area contributed by atoms with Crippen LogP contribution in [0.2, 0.25) is 0 Å². The smallest absolute Gasteiger partial charge is 0.229 e. The Balaban J connectivity index is 1.63. The summed E-state index contributed by atoms with van der Waals surface area (Å²) in [5.41, 5.74) is 7.88. The molecule has 0 saturated carbocycles. The summed E-state index contributed by atoms with van der Waals surface area (Å²) in [5, 5.41) is 3.06. The molecule has 9 nitrogen and oxygen atoms in total. The van der Waals surface area contributed by atoms with Crippen molar-refractivity contribution in [1.82, 2.24) is 14.3 Å². The third-order valence-electron chi connectivity index (χ3n) is 4.68. The topological polar surface area (TPSA) is 122 Å². The highest BCUT2D eigenvalue weighted by atomic mass is 32.2. The van der Waals surface area contributed by atoms with Crippen LogP contribution in [0.25, 0.3) is 0 Å². The van der Waals surface area contributed by atoms with Crippen molar-refractivity contribution in [2.75, 3.05) is 47.9 Å². The van der Waals surface area contributed by atoms with E-state index in [1.54, 1.807) is 11.2 Å². The third kappa shape index (κ3) is 4.39. The number of nitrogens with two attached hydrogens (primary N) is 1.